The molecule has 1 aliphatic carbocycles. The third kappa shape index (κ3) is 2.03. The van der Waals surface area contributed by atoms with Gasteiger partial charge in [0.2, 0.25) is 0 Å². The minimum atomic E-state index is 0.441. The molecule has 3 rings (SSSR count). The second-order valence-corrected chi connectivity index (χ2v) is 6.17. The average Bonchev–Trinajstić information content (AvgIpc) is 2.86. The summed E-state index contributed by atoms with van der Waals surface area (Å²) < 4.78 is 0. The molecule has 2 aliphatic rings. The maximum absolute atomic E-state index is 3.28. The number of anilines is 1. The second-order valence-electron chi connectivity index (χ2n) is 6.17. The molecule has 1 aliphatic heterocycles. The Hall–Kier alpha value is -1.02. The van der Waals surface area contributed by atoms with Crippen LogP contribution in [-0.4, -0.2) is 20.1 Å². The van der Waals surface area contributed by atoms with E-state index in [-0.39, 0.29) is 0 Å². The van der Waals surface area contributed by atoms with Crippen LogP contribution in [0.25, 0.3) is 0 Å². The normalized spacial score (nSPS) is 23.1. The van der Waals surface area contributed by atoms with Crippen molar-refractivity contribution in [1.29, 1.82) is 0 Å². The number of nitrogens with zero attached hydrogens (tertiary/aromatic N) is 1. The summed E-state index contributed by atoms with van der Waals surface area (Å²) in [5, 5.41) is 3.28. The first kappa shape index (κ1) is 12.0. The zero-order valence-electron chi connectivity index (χ0n) is 11.6. The van der Waals surface area contributed by atoms with Crippen molar-refractivity contribution in [2.24, 2.45) is 5.41 Å². The summed E-state index contributed by atoms with van der Waals surface area (Å²) in [5.41, 5.74) is 3.47. The average molecular weight is 244 g/mol. The van der Waals surface area contributed by atoms with Crippen LogP contribution in [0.15, 0.2) is 24.3 Å². The van der Waals surface area contributed by atoms with Crippen LogP contribution in [0.3, 0.4) is 0 Å². The highest BCUT2D eigenvalue weighted by atomic mass is 15.2. The molecule has 1 unspecified atom stereocenters. The van der Waals surface area contributed by atoms with E-state index in [2.05, 4.69) is 41.4 Å². The lowest BCUT2D eigenvalue weighted by Gasteiger charge is -2.49. The van der Waals surface area contributed by atoms with Gasteiger partial charge >= 0.3 is 0 Å². The van der Waals surface area contributed by atoms with Gasteiger partial charge in [-0.25, -0.2) is 0 Å². The summed E-state index contributed by atoms with van der Waals surface area (Å²) in [4.78, 5) is 2.54. The highest BCUT2D eigenvalue weighted by Gasteiger charge is 2.44. The number of rotatable bonds is 3. The molecule has 2 fully saturated rings. The van der Waals surface area contributed by atoms with E-state index in [1.54, 1.807) is 0 Å². The molecule has 98 valence electrons. The molecule has 0 bridgehead atoms. The van der Waals surface area contributed by atoms with Gasteiger partial charge in [0.05, 0.1) is 0 Å². The molecule has 18 heavy (non-hydrogen) atoms. The lowest BCUT2D eigenvalue weighted by atomic mass is 9.78. The van der Waals surface area contributed by atoms with Crippen molar-refractivity contribution in [2.75, 3.05) is 25.0 Å². The van der Waals surface area contributed by atoms with Crippen molar-refractivity contribution in [3.05, 3.63) is 29.8 Å². The topological polar surface area (TPSA) is 15.3 Å². The Bertz CT molecular complexity index is 396. The molecule has 1 N–H and O–H groups in total. The predicted molar refractivity (Wildman–Crippen MR) is 77.0 cm³/mol. The summed E-state index contributed by atoms with van der Waals surface area (Å²) in [6.07, 6.45) is 5.82. The van der Waals surface area contributed by atoms with E-state index in [1.165, 1.54) is 50.0 Å². The van der Waals surface area contributed by atoms with Crippen molar-refractivity contribution in [3.8, 4) is 0 Å². The zero-order chi connectivity index (χ0) is 12.6. The summed E-state index contributed by atoms with van der Waals surface area (Å²) in [6.45, 7) is 4.77. The van der Waals surface area contributed by atoms with Crippen LogP contribution in [-0.2, 0) is 0 Å². The first-order valence-corrected chi connectivity index (χ1v) is 7.25. The highest BCUT2D eigenvalue weighted by molar-refractivity contribution is 5.51. The van der Waals surface area contributed by atoms with Crippen LogP contribution in [0.5, 0.6) is 0 Å². The minimum Gasteiger partial charge on any atom is -0.370 e. The van der Waals surface area contributed by atoms with Crippen molar-refractivity contribution >= 4 is 5.69 Å². The second kappa shape index (κ2) is 4.58. The Morgan fingerprint density at radius 1 is 1.11 bits per heavy atom. The molecule has 1 aromatic rings. The van der Waals surface area contributed by atoms with Crippen LogP contribution in [0, 0.1) is 5.41 Å². The van der Waals surface area contributed by atoms with Crippen LogP contribution in [0.2, 0.25) is 0 Å². The fourth-order valence-electron chi connectivity index (χ4n) is 3.53. The molecule has 0 radical (unpaired) electrons. The predicted octanol–water partition coefficient (Wildman–Crippen LogP) is 3.35. The lowest BCUT2D eigenvalue weighted by Crippen LogP contribution is -2.55. The number of nitrogens with one attached hydrogen (secondary N) is 1. The first-order valence-electron chi connectivity index (χ1n) is 7.25. The Balaban J connectivity index is 1.64. The van der Waals surface area contributed by atoms with E-state index < -0.39 is 0 Å². The molecule has 0 amide bonds. The van der Waals surface area contributed by atoms with Crippen LogP contribution >= 0.6 is 0 Å². The summed E-state index contributed by atoms with van der Waals surface area (Å²) in [6, 6.07) is 9.53. The van der Waals surface area contributed by atoms with Gasteiger partial charge in [0, 0.05) is 30.2 Å². The van der Waals surface area contributed by atoms with E-state index in [0.717, 1.165) is 0 Å². The molecule has 1 atom stereocenters. The first-order chi connectivity index (χ1) is 8.72. The third-order valence-corrected chi connectivity index (χ3v) is 4.91. The van der Waals surface area contributed by atoms with E-state index in [4.69, 9.17) is 0 Å². The monoisotopic (exact) mass is 244 g/mol. The van der Waals surface area contributed by atoms with Gasteiger partial charge < -0.3 is 10.2 Å². The molecule has 1 spiro atoms. The molecule has 1 heterocycles. The lowest BCUT2D eigenvalue weighted by molar-refractivity contribution is 0.222. The Labute approximate surface area is 110 Å². The van der Waals surface area contributed by atoms with Gasteiger partial charge in [0.1, 0.15) is 0 Å². The number of hydrogen-bond donors (Lipinski definition) is 1. The largest absolute Gasteiger partial charge is 0.370 e. The van der Waals surface area contributed by atoms with Crippen molar-refractivity contribution in [3.63, 3.8) is 0 Å². The Morgan fingerprint density at radius 3 is 2.28 bits per heavy atom. The quantitative estimate of drug-likeness (QED) is 0.877. The molecule has 0 aromatic heterocycles. The molecule has 1 aromatic carbocycles. The maximum atomic E-state index is 3.28. The van der Waals surface area contributed by atoms with Gasteiger partial charge in [-0.3, -0.25) is 0 Å². The zero-order valence-corrected chi connectivity index (χ0v) is 11.6. The summed E-state index contributed by atoms with van der Waals surface area (Å²) in [7, 11) is 2.01. The Kier molecular flexibility index (Phi) is 3.06. The fourth-order valence-corrected chi connectivity index (χ4v) is 3.53. The number of benzene rings is 1. The molecule has 2 heteroatoms. The maximum Gasteiger partial charge on any atom is 0.0366 e. The summed E-state index contributed by atoms with van der Waals surface area (Å²) in [5.74, 6) is 0. The van der Waals surface area contributed by atoms with E-state index in [0.29, 0.717) is 11.5 Å². The number of hydrogen-bond acceptors (Lipinski definition) is 2. The van der Waals surface area contributed by atoms with Gasteiger partial charge in [-0.1, -0.05) is 25.0 Å². The third-order valence-electron chi connectivity index (χ3n) is 4.91. The minimum absolute atomic E-state index is 0.441. The molecule has 2 nitrogen and oxygen atoms in total. The smallest absolute Gasteiger partial charge is 0.0366 e. The molecular weight excluding hydrogens is 220 g/mol. The Morgan fingerprint density at radius 2 is 1.72 bits per heavy atom. The van der Waals surface area contributed by atoms with Gasteiger partial charge in [-0.2, -0.15) is 0 Å². The standard InChI is InChI=1S/C16H24N2/c1-13(17-2)14-5-7-15(8-6-14)18-11-16(12-18)9-3-4-10-16/h5-8,13,17H,3-4,9-12H2,1-2H3. The van der Waals surface area contributed by atoms with Crippen LogP contribution < -0.4 is 10.2 Å². The van der Waals surface area contributed by atoms with E-state index >= 15 is 0 Å². The van der Waals surface area contributed by atoms with Crippen molar-refractivity contribution < 1.29 is 0 Å². The van der Waals surface area contributed by atoms with Crippen molar-refractivity contribution in [2.45, 2.75) is 38.6 Å². The van der Waals surface area contributed by atoms with E-state index in [9.17, 15) is 0 Å². The van der Waals surface area contributed by atoms with Gasteiger partial charge in [-0.15, -0.1) is 0 Å². The van der Waals surface area contributed by atoms with Gasteiger partial charge in [0.15, 0.2) is 0 Å². The van der Waals surface area contributed by atoms with Crippen LogP contribution in [0.4, 0.5) is 5.69 Å². The highest BCUT2D eigenvalue weighted by Crippen LogP contribution is 2.46. The SMILES string of the molecule is CNC(C)c1ccc(N2CC3(CCCC3)C2)cc1. The van der Waals surface area contributed by atoms with Gasteiger partial charge in [-0.05, 0) is 44.5 Å². The van der Waals surface area contributed by atoms with Crippen molar-refractivity contribution in [1.82, 2.24) is 5.32 Å². The molecule has 1 saturated heterocycles. The van der Waals surface area contributed by atoms with E-state index in [1.807, 2.05) is 7.05 Å². The molecule has 1 saturated carbocycles. The fraction of sp³-hybridized carbons (Fsp3) is 0.625. The van der Waals surface area contributed by atoms with Gasteiger partial charge in [0.25, 0.3) is 0 Å². The molecular formula is C16H24N2. The summed E-state index contributed by atoms with van der Waals surface area (Å²) >= 11 is 0. The van der Waals surface area contributed by atoms with Crippen LogP contribution in [0.1, 0.15) is 44.2 Å².